The molecule has 1 aliphatic heterocycles. The maximum Gasteiger partial charge on any atom is 0.189 e. The average molecular weight is 396 g/mol. The van der Waals surface area contributed by atoms with Gasteiger partial charge in [-0.2, -0.15) is 18.8 Å². The molecule has 0 unspecified atom stereocenters. The second-order valence-corrected chi connectivity index (χ2v) is 5.88. The van der Waals surface area contributed by atoms with Gasteiger partial charge >= 0.3 is 0 Å². The second-order valence-electron chi connectivity index (χ2n) is 4.85. The van der Waals surface area contributed by atoms with E-state index >= 15 is 0 Å². The summed E-state index contributed by atoms with van der Waals surface area (Å²) in [6, 6.07) is 4.25. The highest BCUT2D eigenvalue weighted by Crippen LogP contribution is 2.23. The summed E-state index contributed by atoms with van der Waals surface area (Å²) in [5.41, 5.74) is 5.92. The molecule has 0 spiro atoms. The Bertz CT molecular complexity index is 661. The lowest BCUT2D eigenvalue weighted by molar-refractivity contribution is 0.498. The molecule has 2 aromatic heterocycles. The maximum atomic E-state index is 8.80. The minimum atomic E-state index is 0. The smallest absolute Gasteiger partial charge is 0.189 e. The van der Waals surface area contributed by atoms with Gasteiger partial charge in [0.1, 0.15) is 28.9 Å². The van der Waals surface area contributed by atoms with Crippen LogP contribution >= 0.6 is 24.8 Å². The van der Waals surface area contributed by atoms with Crippen molar-refractivity contribution in [1.82, 2.24) is 15.0 Å². The molecule has 1 fully saturated rings. The van der Waals surface area contributed by atoms with Crippen LogP contribution in [0.3, 0.4) is 0 Å². The van der Waals surface area contributed by atoms with Crippen molar-refractivity contribution in [2.75, 3.05) is 23.3 Å². The lowest BCUT2D eigenvalue weighted by Crippen LogP contribution is -2.40. The Morgan fingerprint density at radius 2 is 1.85 bits per heavy atom. The number of anilines is 3. The number of thiazole rings is 1. The predicted molar refractivity (Wildman–Crippen MR) is 115 cm³/mol. The van der Waals surface area contributed by atoms with Crippen LogP contribution in [0.1, 0.15) is 45.4 Å². The van der Waals surface area contributed by atoms with E-state index < -0.39 is 0 Å². The molecule has 0 radical (unpaired) electrons. The van der Waals surface area contributed by atoms with Crippen LogP contribution in [0.2, 0.25) is 0 Å². The van der Waals surface area contributed by atoms with Gasteiger partial charge in [0.15, 0.2) is 5.13 Å². The maximum absolute atomic E-state index is 8.80. The molecule has 0 bridgehead atoms. The van der Waals surface area contributed by atoms with Crippen LogP contribution in [-0.2, 0) is 0 Å². The molecular weight excluding hydrogens is 366 g/mol. The first-order chi connectivity index (χ1) is 12.2. The molecule has 0 atom stereocenters. The first-order valence-corrected chi connectivity index (χ1v) is 9.52. The van der Waals surface area contributed by atoms with Gasteiger partial charge in [-0.05, 0) is 12.8 Å². The van der Waals surface area contributed by atoms with Crippen LogP contribution < -0.4 is 16.0 Å². The standard InChI is InChI=1S/C13H15N7S.2C2H6.H2S/c14-6-10-7-16-13(21-10)19-11-5-12(18-8-17-11)20-3-1-9(15)2-4-20;2*1-2;/h5,7-9H,1-4,15H2,(H,16,17,18,19);2*1-2H3;1H2. The van der Waals surface area contributed by atoms with Gasteiger partial charge in [-0.3, -0.25) is 0 Å². The summed E-state index contributed by atoms with van der Waals surface area (Å²) < 4.78 is 0. The molecular formula is C17H29N7S2. The highest BCUT2D eigenvalue weighted by Gasteiger charge is 2.17. The Balaban J connectivity index is 0.00000117. The SMILES string of the molecule is CC.CC.N#Cc1cnc(Nc2cc(N3CCC(N)CC3)ncn2)s1.S. The fraction of sp³-hybridized carbons (Fsp3) is 0.529. The summed E-state index contributed by atoms with van der Waals surface area (Å²) in [4.78, 5) is 15.4. The van der Waals surface area contributed by atoms with Crippen molar-refractivity contribution in [3.8, 4) is 6.07 Å². The lowest BCUT2D eigenvalue weighted by Gasteiger charge is -2.31. The molecule has 0 amide bonds. The molecule has 2 aromatic rings. The topological polar surface area (TPSA) is 104 Å². The number of aromatic nitrogens is 3. The molecule has 0 saturated carbocycles. The molecule has 1 aliphatic rings. The van der Waals surface area contributed by atoms with Gasteiger partial charge in [0, 0.05) is 25.2 Å². The molecule has 26 heavy (non-hydrogen) atoms. The highest BCUT2D eigenvalue weighted by atomic mass is 32.1. The summed E-state index contributed by atoms with van der Waals surface area (Å²) in [5, 5.41) is 12.6. The number of piperidine rings is 1. The Morgan fingerprint density at radius 1 is 1.19 bits per heavy atom. The quantitative estimate of drug-likeness (QED) is 0.817. The van der Waals surface area contributed by atoms with Crippen molar-refractivity contribution in [2.45, 2.75) is 46.6 Å². The van der Waals surface area contributed by atoms with Crippen LogP contribution in [0.25, 0.3) is 0 Å². The molecule has 144 valence electrons. The highest BCUT2D eigenvalue weighted by molar-refractivity contribution is 7.59. The van der Waals surface area contributed by atoms with Crippen LogP contribution in [0.5, 0.6) is 0 Å². The Morgan fingerprint density at radius 3 is 2.42 bits per heavy atom. The molecule has 7 nitrogen and oxygen atoms in total. The van der Waals surface area contributed by atoms with Gasteiger partial charge in [-0.15, -0.1) is 0 Å². The molecule has 1 saturated heterocycles. The Kier molecular flexibility index (Phi) is 12.4. The fourth-order valence-corrected chi connectivity index (χ4v) is 2.83. The predicted octanol–water partition coefficient (Wildman–Crippen LogP) is 3.64. The zero-order valence-electron chi connectivity index (χ0n) is 15.9. The van der Waals surface area contributed by atoms with Crippen molar-refractivity contribution in [1.29, 1.82) is 5.26 Å². The van der Waals surface area contributed by atoms with E-state index in [0.717, 1.165) is 31.7 Å². The van der Waals surface area contributed by atoms with E-state index in [1.807, 2.05) is 33.8 Å². The van der Waals surface area contributed by atoms with Crippen molar-refractivity contribution >= 4 is 41.6 Å². The van der Waals surface area contributed by atoms with Crippen molar-refractivity contribution < 1.29 is 0 Å². The summed E-state index contributed by atoms with van der Waals surface area (Å²) in [5.74, 6) is 1.56. The van der Waals surface area contributed by atoms with Crippen molar-refractivity contribution in [2.24, 2.45) is 5.73 Å². The van der Waals surface area contributed by atoms with Gasteiger partial charge in [0.2, 0.25) is 0 Å². The van der Waals surface area contributed by atoms with E-state index in [4.69, 9.17) is 11.0 Å². The number of nitrogens with one attached hydrogen (secondary N) is 1. The minimum Gasteiger partial charge on any atom is -0.356 e. The third-order valence-electron chi connectivity index (χ3n) is 3.37. The number of nitrogens with two attached hydrogens (primary N) is 1. The number of rotatable bonds is 3. The van der Waals surface area contributed by atoms with E-state index in [0.29, 0.717) is 21.9 Å². The Labute approximate surface area is 167 Å². The van der Waals surface area contributed by atoms with Gasteiger partial charge in [0.05, 0.1) is 6.20 Å². The monoisotopic (exact) mass is 395 g/mol. The molecule has 9 heteroatoms. The van der Waals surface area contributed by atoms with E-state index in [9.17, 15) is 0 Å². The van der Waals surface area contributed by atoms with Crippen LogP contribution in [-0.4, -0.2) is 34.1 Å². The van der Waals surface area contributed by atoms with Crippen LogP contribution in [0.15, 0.2) is 18.6 Å². The summed E-state index contributed by atoms with van der Waals surface area (Å²) in [7, 11) is 0. The van der Waals surface area contributed by atoms with E-state index in [-0.39, 0.29) is 13.5 Å². The van der Waals surface area contributed by atoms with E-state index in [2.05, 4.69) is 31.2 Å². The number of hydrogen-bond acceptors (Lipinski definition) is 8. The summed E-state index contributed by atoms with van der Waals surface area (Å²) in [6.07, 6.45) is 5.03. The summed E-state index contributed by atoms with van der Waals surface area (Å²) >= 11 is 1.30. The third kappa shape index (κ3) is 7.15. The number of nitrogens with zero attached hydrogens (tertiary/aromatic N) is 5. The molecule has 0 aromatic carbocycles. The first kappa shape index (κ1) is 24.1. The Hall–Kier alpha value is -1.89. The van der Waals surface area contributed by atoms with Gasteiger partial charge in [-0.1, -0.05) is 39.0 Å². The zero-order chi connectivity index (χ0) is 18.7. The third-order valence-corrected chi connectivity index (χ3v) is 4.18. The van der Waals surface area contributed by atoms with Gasteiger partial charge in [0.25, 0.3) is 0 Å². The van der Waals surface area contributed by atoms with E-state index in [1.54, 1.807) is 6.20 Å². The lowest BCUT2D eigenvalue weighted by atomic mass is 10.1. The fourth-order valence-electron chi connectivity index (χ4n) is 2.21. The summed E-state index contributed by atoms with van der Waals surface area (Å²) in [6.45, 7) is 9.82. The molecule has 3 heterocycles. The van der Waals surface area contributed by atoms with Crippen molar-refractivity contribution in [3.05, 3.63) is 23.5 Å². The first-order valence-electron chi connectivity index (χ1n) is 8.70. The minimum absolute atomic E-state index is 0. The largest absolute Gasteiger partial charge is 0.356 e. The van der Waals surface area contributed by atoms with Crippen LogP contribution in [0.4, 0.5) is 16.8 Å². The molecule has 3 rings (SSSR count). The van der Waals surface area contributed by atoms with Gasteiger partial charge in [-0.25, -0.2) is 15.0 Å². The van der Waals surface area contributed by atoms with Crippen molar-refractivity contribution in [3.63, 3.8) is 0 Å². The zero-order valence-corrected chi connectivity index (χ0v) is 17.7. The number of nitriles is 1. The van der Waals surface area contributed by atoms with Crippen LogP contribution in [0, 0.1) is 11.3 Å². The number of hydrogen-bond donors (Lipinski definition) is 2. The van der Waals surface area contributed by atoms with Gasteiger partial charge < -0.3 is 16.0 Å². The van der Waals surface area contributed by atoms with E-state index in [1.165, 1.54) is 17.7 Å². The average Bonchev–Trinajstić information content (AvgIpc) is 3.13. The normalized spacial score (nSPS) is 13.2. The molecule has 0 aliphatic carbocycles. The second kappa shape index (κ2) is 13.3. The molecule has 3 N–H and O–H groups in total.